The maximum atomic E-state index is 12.4. The van der Waals surface area contributed by atoms with E-state index in [4.69, 9.17) is 0 Å². The number of hydrogen-bond acceptors (Lipinski definition) is 2. The number of hydrogen-bond donors (Lipinski definition) is 1. The normalized spacial score (nSPS) is 13.8. The van der Waals surface area contributed by atoms with Crippen LogP contribution in [0.3, 0.4) is 0 Å². The summed E-state index contributed by atoms with van der Waals surface area (Å²) in [6, 6.07) is -0.870. The van der Waals surface area contributed by atoms with Crippen molar-refractivity contribution in [2.45, 2.75) is 12.5 Å². The lowest BCUT2D eigenvalue weighted by Crippen LogP contribution is -2.23. The molecule has 1 unspecified atom stereocenters. The monoisotopic (exact) mass is 255 g/mol. The molecule has 68 valence electrons. The van der Waals surface area contributed by atoms with Crippen molar-refractivity contribution in [2.75, 3.05) is 7.05 Å². The van der Waals surface area contributed by atoms with E-state index in [0.29, 0.717) is 5.56 Å². The van der Waals surface area contributed by atoms with Crippen molar-refractivity contribution in [1.29, 1.82) is 0 Å². The predicted octanol–water partition coefficient (Wildman–Crippen LogP) is 3.04. The summed E-state index contributed by atoms with van der Waals surface area (Å²) >= 11 is 4.62. The van der Waals surface area contributed by atoms with Crippen molar-refractivity contribution in [3.63, 3.8) is 0 Å². The molecule has 1 nitrogen and oxygen atoms in total. The Balaban J connectivity index is 2.87. The standard InChI is InChI=1S/C7H8BrF2NS/c1-11-6(7(9)10)4-2-12-3-5(4)8/h2-3,6-7,11H,1H3. The van der Waals surface area contributed by atoms with Crippen molar-refractivity contribution < 1.29 is 8.78 Å². The molecular formula is C7H8BrF2NS. The van der Waals surface area contributed by atoms with Gasteiger partial charge in [-0.25, -0.2) is 8.78 Å². The zero-order valence-electron chi connectivity index (χ0n) is 6.35. The van der Waals surface area contributed by atoms with Gasteiger partial charge >= 0.3 is 0 Å². The minimum Gasteiger partial charge on any atom is -0.308 e. The first-order valence-corrected chi connectivity index (χ1v) is 5.07. The Morgan fingerprint density at radius 3 is 2.50 bits per heavy atom. The van der Waals surface area contributed by atoms with Gasteiger partial charge in [0, 0.05) is 9.85 Å². The van der Waals surface area contributed by atoms with Crippen LogP contribution >= 0.6 is 27.3 Å². The summed E-state index contributed by atoms with van der Waals surface area (Å²) in [7, 11) is 1.53. The average molecular weight is 256 g/mol. The van der Waals surface area contributed by atoms with Gasteiger partial charge in [0.05, 0.1) is 6.04 Å². The summed E-state index contributed by atoms with van der Waals surface area (Å²) in [5.74, 6) is 0. The van der Waals surface area contributed by atoms with Gasteiger partial charge in [-0.1, -0.05) is 0 Å². The molecule has 1 aromatic rings. The van der Waals surface area contributed by atoms with Gasteiger partial charge in [-0.2, -0.15) is 11.3 Å². The van der Waals surface area contributed by atoms with Gasteiger partial charge < -0.3 is 5.32 Å². The van der Waals surface area contributed by atoms with Crippen LogP contribution in [0, 0.1) is 0 Å². The summed E-state index contributed by atoms with van der Waals surface area (Å²) in [4.78, 5) is 0. The van der Waals surface area contributed by atoms with E-state index in [0.717, 1.165) is 4.47 Å². The third kappa shape index (κ3) is 2.02. The highest BCUT2D eigenvalue weighted by Crippen LogP contribution is 2.30. The minimum atomic E-state index is -2.37. The minimum absolute atomic E-state index is 0.623. The van der Waals surface area contributed by atoms with Gasteiger partial charge in [-0.15, -0.1) is 0 Å². The summed E-state index contributed by atoms with van der Waals surface area (Å²) in [5.41, 5.74) is 0.623. The van der Waals surface area contributed by atoms with Gasteiger partial charge in [-0.05, 0) is 33.9 Å². The number of rotatable bonds is 3. The zero-order valence-corrected chi connectivity index (χ0v) is 8.75. The lowest BCUT2D eigenvalue weighted by molar-refractivity contribution is 0.102. The molecule has 0 saturated heterocycles. The van der Waals surface area contributed by atoms with E-state index >= 15 is 0 Å². The van der Waals surface area contributed by atoms with Crippen LogP contribution < -0.4 is 5.32 Å². The Kier molecular flexibility index (Phi) is 3.61. The van der Waals surface area contributed by atoms with Crippen LogP contribution in [-0.4, -0.2) is 13.5 Å². The number of nitrogens with one attached hydrogen (secondary N) is 1. The van der Waals surface area contributed by atoms with E-state index < -0.39 is 12.5 Å². The fourth-order valence-corrected chi connectivity index (χ4v) is 2.51. The van der Waals surface area contributed by atoms with Crippen LogP contribution in [0.4, 0.5) is 8.78 Å². The highest BCUT2D eigenvalue weighted by molar-refractivity contribution is 9.10. The van der Waals surface area contributed by atoms with Crippen molar-refractivity contribution >= 4 is 27.3 Å². The van der Waals surface area contributed by atoms with Crippen LogP contribution in [0.5, 0.6) is 0 Å². The highest BCUT2D eigenvalue weighted by atomic mass is 79.9. The molecule has 0 aliphatic heterocycles. The van der Waals surface area contributed by atoms with E-state index in [1.807, 2.05) is 0 Å². The van der Waals surface area contributed by atoms with Crippen LogP contribution in [0.1, 0.15) is 11.6 Å². The summed E-state index contributed by atoms with van der Waals surface area (Å²) in [5, 5.41) is 6.08. The second kappa shape index (κ2) is 4.30. The van der Waals surface area contributed by atoms with Gasteiger partial charge in [0.15, 0.2) is 0 Å². The molecule has 12 heavy (non-hydrogen) atoms. The number of thiophene rings is 1. The fraction of sp³-hybridized carbons (Fsp3) is 0.429. The van der Waals surface area contributed by atoms with E-state index in [1.54, 1.807) is 10.8 Å². The van der Waals surface area contributed by atoms with Gasteiger partial charge in [0.25, 0.3) is 6.43 Å². The second-order valence-electron chi connectivity index (χ2n) is 2.28. The second-order valence-corrected chi connectivity index (χ2v) is 3.87. The molecule has 0 fully saturated rings. The van der Waals surface area contributed by atoms with Crippen LogP contribution in [0.25, 0.3) is 0 Å². The van der Waals surface area contributed by atoms with Crippen LogP contribution in [0.2, 0.25) is 0 Å². The average Bonchev–Trinajstić information content (AvgIpc) is 2.38. The fourth-order valence-electron chi connectivity index (χ4n) is 0.930. The molecule has 0 aromatic carbocycles. The molecule has 1 aromatic heterocycles. The molecule has 0 amide bonds. The Morgan fingerprint density at radius 1 is 1.50 bits per heavy atom. The molecule has 1 rings (SSSR count). The predicted molar refractivity (Wildman–Crippen MR) is 49.8 cm³/mol. The van der Waals surface area contributed by atoms with E-state index in [-0.39, 0.29) is 0 Å². The lowest BCUT2D eigenvalue weighted by Gasteiger charge is -2.13. The first kappa shape index (κ1) is 10.1. The Hall–Kier alpha value is -0.000000000000000111. The summed E-state index contributed by atoms with van der Waals surface area (Å²) < 4.78 is 25.5. The third-order valence-corrected chi connectivity index (χ3v) is 3.29. The number of alkyl halides is 2. The first-order chi connectivity index (χ1) is 5.66. The van der Waals surface area contributed by atoms with Crippen molar-refractivity contribution in [2.24, 2.45) is 0 Å². The SMILES string of the molecule is CNC(c1cscc1Br)C(F)F. The van der Waals surface area contributed by atoms with Crippen molar-refractivity contribution in [1.82, 2.24) is 5.32 Å². The van der Waals surface area contributed by atoms with E-state index in [2.05, 4.69) is 21.2 Å². The molecule has 1 atom stereocenters. The Bertz CT molecular complexity index is 251. The number of halogens is 3. The van der Waals surface area contributed by atoms with Gasteiger partial charge in [0.2, 0.25) is 0 Å². The first-order valence-electron chi connectivity index (χ1n) is 3.33. The summed E-state index contributed by atoms with van der Waals surface area (Å²) in [6.45, 7) is 0. The maximum absolute atomic E-state index is 12.4. The molecule has 1 N–H and O–H groups in total. The molecule has 0 spiro atoms. The van der Waals surface area contributed by atoms with Crippen LogP contribution in [0.15, 0.2) is 15.2 Å². The van der Waals surface area contributed by atoms with Gasteiger partial charge in [-0.3, -0.25) is 0 Å². The molecule has 0 radical (unpaired) electrons. The molecule has 0 bridgehead atoms. The molecule has 1 heterocycles. The van der Waals surface area contributed by atoms with Gasteiger partial charge in [0.1, 0.15) is 0 Å². The third-order valence-electron chi connectivity index (χ3n) is 1.54. The van der Waals surface area contributed by atoms with E-state index in [9.17, 15) is 8.78 Å². The highest BCUT2D eigenvalue weighted by Gasteiger charge is 2.22. The Morgan fingerprint density at radius 2 is 2.17 bits per heavy atom. The molecule has 0 saturated carbocycles. The molecule has 0 aliphatic carbocycles. The van der Waals surface area contributed by atoms with E-state index in [1.165, 1.54) is 18.4 Å². The Labute approximate surface area is 81.9 Å². The molecular weight excluding hydrogens is 248 g/mol. The smallest absolute Gasteiger partial charge is 0.257 e. The van der Waals surface area contributed by atoms with Crippen molar-refractivity contribution in [3.8, 4) is 0 Å². The zero-order chi connectivity index (χ0) is 9.14. The van der Waals surface area contributed by atoms with Crippen LogP contribution in [-0.2, 0) is 0 Å². The maximum Gasteiger partial charge on any atom is 0.257 e. The summed E-state index contributed by atoms with van der Waals surface area (Å²) in [6.07, 6.45) is -2.37. The molecule has 0 aliphatic rings. The topological polar surface area (TPSA) is 12.0 Å². The molecule has 5 heteroatoms. The largest absolute Gasteiger partial charge is 0.308 e. The van der Waals surface area contributed by atoms with Crippen molar-refractivity contribution in [3.05, 3.63) is 20.8 Å². The quantitative estimate of drug-likeness (QED) is 0.876. The lowest BCUT2D eigenvalue weighted by atomic mass is 10.2.